The van der Waals surface area contributed by atoms with Gasteiger partial charge in [0.15, 0.2) is 11.3 Å². The molecule has 6 aromatic rings. The summed E-state index contributed by atoms with van der Waals surface area (Å²) in [6, 6.07) is 32.4. The van der Waals surface area contributed by atoms with Crippen molar-refractivity contribution in [1.29, 1.82) is 0 Å². The van der Waals surface area contributed by atoms with Crippen molar-refractivity contribution in [2.24, 2.45) is 0 Å². The lowest BCUT2D eigenvalue weighted by Gasteiger charge is -2.03. The van der Waals surface area contributed by atoms with Gasteiger partial charge in [0, 0.05) is 17.3 Å². The lowest BCUT2D eigenvalue weighted by atomic mass is 10.0. The van der Waals surface area contributed by atoms with E-state index >= 15 is 0 Å². The average Bonchev–Trinajstić information content (AvgIpc) is 3.61. The zero-order valence-corrected chi connectivity index (χ0v) is 19.8. The molecule has 0 aliphatic carbocycles. The number of carbonyl (C=O) groups excluding carboxylic acids is 1. The number of rotatable bonds is 6. The molecule has 0 saturated heterocycles. The predicted octanol–water partition coefficient (Wildman–Crippen LogP) is 7.58. The van der Waals surface area contributed by atoms with Crippen LogP contribution in [-0.2, 0) is 0 Å². The van der Waals surface area contributed by atoms with Gasteiger partial charge < -0.3 is 14.2 Å². The largest absolute Gasteiger partial charge is 0.451 e. The second kappa shape index (κ2) is 9.51. The lowest BCUT2D eigenvalue weighted by molar-refractivity contribution is -0.384. The number of para-hydroxylation sites is 1. The van der Waals surface area contributed by atoms with E-state index in [2.05, 4.69) is 22.4 Å². The summed E-state index contributed by atoms with van der Waals surface area (Å²) in [5, 5.41) is 14.1. The molecule has 6 rings (SSSR count). The molecule has 0 unspecified atom stereocenters. The van der Waals surface area contributed by atoms with Crippen LogP contribution < -0.4 is 5.32 Å². The van der Waals surface area contributed by atoms with E-state index in [1.165, 1.54) is 18.2 Å². The maximum atomic E-state index is 12.8. The predicted molar refractivity (Wildman–Crippen MR) is 144 cm³/mol. The monoisotopic (exact) mass is 501 g/mol. The summed E-state index contributed by atoms with van der Waals surface area (Å²) in [6.07, 6.45) is 0. The molecule has 0 aliphatic rings. The van der Waals surface area contributed by atoms with Crippen LogP contribution in [0.2, 0.25) is 0 Å². The number of fused-ring (bicyclic) bond motifs is 1. The number of hydrogen-bond acceptors (Lipinski definition) is 6. The van der Waals surface area contributed by atoms with Crippen molar-refractivity contribution in [3.8, 4) is 33.9 Å². The number of nitro benzene ring substituents is 1. The molecular formula is C30H19N3O5. The molecule has 2 aromatic heterocycles. The second-order valence-electron chi connectivity index (χ2n) is 8.54. The molecule has 4 aromatic carbocycles. The number of hydrogen-bond donors (Lipinski definition) is 1. The van der Waals surface area contributed by atoms with Crippen LogP contribution in [0.15, 0.2) is 118 Å². The third-order valence-electron chi connectivity index (χ3n) is 6.08. The Kier molecular flexibility index (Phi) is 5.74. The summed E-state index contributed by atoms with van der Waals surface area (Å²) in [6.45, 7) is 0. The van der Waals surface area contributed by atoms with Crippen LogP contribution in [-0.4, -0.2) is 15.8 Å². The van der Waals surface area contributed by atoms with Crippen LogP contribution in [0, 0.1) is 10.1 Å². The molecular weight excluding hydrogens is 482 g/mol. The Labute approximate surface area is 216 Å². The molecule has 184 valence electrons. The van der Waals surface area contributed by atoms with E-state index in [1.807, 2.05) is 42.5 Å². The minimum atomic E-state index is -0.491. The number of amides is 1. The van der Waals surface area contributed by atoms with Crippen molar-refractivity contribution in [3.05, 3.63) is 125 Å². The maximum absolute atomic E-state index is 12.8. The highest BCUT2D eigenvalue weighted by Gasteiger charge is 2.19. The highest BCUT2D eigenvalue weighted by molar-refractivity contribution is 6.03. The first kappa shape index (κ1) is 22.9. The van der Waals surface area contributed by atoms with E-state index < -0.39 is 10.8 Å². The molecule has 8 nitrogen and oxygen atoms in total. The third-order valence-corrected chi connectivity index (χ3v) is 6.08. The van der Waals surface area contributed by atoms with E-state index in [4.69, 9.17) is 8.83 Å². The van der Waals surface area contributed by atoms with Crippen molar-refractivity contribution in [1.82, 2.24) is 4.98 Å². The number of oxazole rings is 1. The molecule has 0 aliphatic heterocycles. The molecule has 1 N–H and O–H groups in total. The smallest absolute Gasteiger partial charge is 0.291 e. The van der Waals surface area contributed by atoms with Crippen molar-refractivity contribution in [2.75, 3.05) is 5.32 Å². The molecule has 0 spiro atoms. The molecule has 0 atom stereocenters. The van der Waals surface area contributed by atoms with Crippen molar-refractivity contribution >= 4 is 28.4 Å². The van der Waals surface area contributed by atoms with Crippen molar-refractivity contribution in [3.63, 3.8) is 0 Å². The van der Waals surface area contributed by atoms with Gasteiger partial charge in [0.1, 0.15) is 11.3 Å². The van der Waals surface area contributed by atoms with Crippen molar-refractivity contribution in [2.45, 2.75) is 0 Å². The Morgan fingerprint density at radius 3 is 2.26 bits per heavy atom. The average molecular weight is 501 g/mol. The van der Waals surface area contributed by atoms with E-state index in [9.17, 15) is 14.9 Å². The minimum absolute atomic E-state index is 0.0256. The van der Waals surface area contributed by atoms with Gasteiger partial charge in [-0.05, 0) is 59.7 Å². The van der Waals surface area contributed by atoms with Gasteiger partial charge in [0.05, 0.1) is 10.5 Å². The molecule has 0 fully saturated rings. The molecule has 1 amide bonds. The van der Waals surface area contributed by atoms with E-state index in [-0.39, 0.29) is 17.2 Å². The first-order valence-electron chi connectivity index (χ1n) is 11.8. The van der Waals surface area contributed by atoms with E-state index in [0.29, 0.717) is 28.2 Å². The molecule has 0 saturated carbocycles. The Bertz CT molecular complexity index is 1790. The van der Waals surface area contributed by atoms with Crippen LogP contribution in [0.1, 0.15) is 10.6 Å². The Morgan fingerprint density at radius 1 is 0.763 bits per heavy atom. The summed E-state index contributed by atoms with van der Waals surface area (Å²) < 4.78 is 11.6. The van der Waals surface area contributed by atoms with Crippen LogP contribution >= 0.6 is 0 Å². The number of aromatic nitrogens is 1. The van der Waals surface area contributed by atoms with Gasteiger partial charge in [0.2, 0.25) is 5.89 Å². The van der Waals surface area contributed by atoms with Gasteiger partial charge in [-0.15, -0.1) is 0 Å². The minimum Gasteiger partial charge on any atom is -0.451 e. The molecule has 0 bridgehead atoms. The van der Waals surface area contributed by atoms with Crippen molar-refractivity contribution < 1.29 is 18.6 Å². The second-order valence-corrected chi connectivity index (χ2v) is 8.54. The fourth-order valence-corrected chi connectivity index (χ4v) is 4.20. The quantitative estimate of drug-likeness (QED) is 0.186. The van der Waals surface area contributed by atoms with Crippen LogP contribution in [0.3, 0.4) is 0 Å². The SMILES string of the molecule is O=C(Nc1ccc2oc(-c3ccc(-c4ccccc4)cc3)nc2c1)c1ccc(-c2ccccc2[N+](=O)[O-])o1. The molecule has 8 heteroatoms. The summed E-state index contributed by atoms with van der Waals surface area (Å²) in [5.41, 5.74) is 4.93. The van der Waals surface area contributed by atoms with Gasteiger partial charge in [-0.25, -0.2) is 4.98 Å². The molecule has 2 heterocycles. The van der Waals surface area contributed by atoms with Gasteiger partial charge in [-0.3, -0.25) is 14.9 Å². The number of furan rings is 1. The molecule has 0 radical (unpaired) electrons. The van der Waals surface area contributed by atoms with Crippen LogP contribution in [0.4, 0.5) is 11.4 Å². The number of nitrogens with one attached hydrogen (secondary N) is 1. The summed E-state index contributed by atoms with van der Waals surface area (Å²) >= 11 is 0. The molecule has 38 heavy (non-hydrogen) atoms. The first-order chi connectivity index (χ1) is 18.5. The Hall–Kier alpha value is -5.50. The maximum Gasteiger partial charge on any atom is 0.291 e. The summed E-state index contributed by atoms with van der Waals surface area (Å²) in [7, 11) is 0. The van der Waals surface area contributed by atoms with Crippen LogP contribution in [0.25, 0.3) is 45.0 Å². The van der Waals surface area contributed by atoms with Crippen LogP contribution in [0.5, 0.6) is 0 Å². The number of nitro groups is 1. The summed E-state index contributed by atoms with van der Waals surface area (Å²) in [4.78, 5) is 28.2. The highest BCUT2D eigenvalue weighted by Crippen LogP contribution is 2.32. The van der Waals surface area contributed by atoms with E-state index in [0.717, 1.165) is 16.7 Å². The third kappa shape index (κ3) is 4.42. The highest BCUT2D eigenvalue weighted by atomic mass is 16.6. The zero-order chi connectivity index (χ0) is 26.1. The number of nitrogens with zero attached hydrogens (tertiary/aromatic N) is 2. The first-order valence-corrected chi connectivity index (χ1v) is 11.8. The van der Waals surface area contributed by atoms with E-state index in [1.54, 1.807) is 36.4 Å². The topological polar surface area (TPSA) is 111 Å². The number of benzene rings is 4. The standard InChI is InChI=1S/C30H19N3O5/c34-29(28-17-16-26(37-28)23-8-4-5-9-25(23)33(35)36)31-22-14-15-27-24(18-22)32-30(38-27)21-12-10-20(11-13-21)19-6-2-1-3-7-19/h1-18H,(H,31,34). The Balaban J connectivity index is 1.20. The fourth-order valence-electron chi connectivity index (χ4n) is 4.20. The fraction of sp³-hybridized carbons (Fsp3) is 0. The van der Waals surface area contributed by atoms with Gasteiger partial charge in [-0.2, -0.15) is 0 Å². The number of carbonyl (C=O) groups is 1. The normalized spacial score (nSPS) is 10.9. The summed E-state index contributed by atoms with van der Waals surface area (Å²) in [5.74, 6) is 0.243. The lowest BCUT2D eigenvalue weighted by Crippen LogP contribution is -2.10. The van der Waals surface area contributed by atoms with Gasteiger partial charge in [-0.1, -0.05) is 54.6 Å². The number of anilines is 1. The zero-order valence-electron chi connectivity index (χ0n) is 19.8. The van der Waals surface area contributed by atoms with Gasteiger partial charge >= 0.3 is 0 Å². The van der Waals surface area contributed by atoms with Gasteiger partial charge in [0.25, 0.3) is 11.6 Å². The Morgan fingerprint density at radius 2 is 1.47 bits per heavy atom.